The molecule has 0 amide bonds. The van der Waals surface area contributed by atoms with Crippen molar-refractivity contribution in [1.82, 2.24) is 9.97 Å². The molecule has 2 rings (SSSR count). The first-order valence-electron chi connectivity index (χ1n) is 5.40. The van der Waals surface area contributed by atoms with Crippen molar-refractivity contribution in [3.8, 4) is 0 Å². The molecule has 92 valence electrons. The maximum absolute atomic E-state index is 11.3. The lowest BCUT2D eigenvalue weighted by molar-refractivity contribution is 0.0587. The highest BCUT2D eigenvalue weighted by molar-refractivity contribution is 5.85. The molecule has 6 nitrogen and oxygen atoms in total. The number of carbonyl (C=O) groups is 1. The maximum Gasteiger partial charge on any atom is 0.376 e. The van der Waals surface area contributed by atoms with E-state index in [1.807, 2.05) is 4.90 Å². The van der Waals surface area contributed by atoms with Gasteiger partial charge in [-0.2, -0.15) is 0 Å². The summed E-state index contributed by atoms with van der Waals surface area (Å²) in [4.78, 5) is 21.2. The number of aromatic nitrogens is 2. The zero-order valence-corrected chi connectivity index (χ0v) is 9.88. The minimum Gasteiger partial charge on any atom is -0.463 e. The molecule has 1 saturated heterocycles. The van der Waals surface area contributed by atoms with Gasteiger partial charge in [0.15, 0.2) is 0 Å². The van der Waals surface area contributed by atoms with Gasteiger partial charge in [0.2, 0.25) is 5.82 Å². The number of β-amino-alcohol motifs (C(OH)–C–C–N with tert-alkyl or cyclic N) is 1. The van der Waals surface area contributed by atoms with Crippen LogP contribution >= 0.6 is 0 Å². The van der Waals surface area contributed by atoms with Gasteiger partial charge in [0, 0.05) is 19.3 Å². The van der Waals surface area contributed by atoms with E-state index in [2.05, 4.69) is 14.7 Å². The Morgan fingerprint density at radius 3 is 3.00 bits per heavy atom. The summed E-state index contributed by atoms with van der Waals surface area (Å²) in [6.45, 7) is 3.00. The topological polar surface area (TPSA) is 75.5 Å². The van der Waals surface area contributed by atoms with Gasteiger partial charge in [0.1, 0.15) is 5.82 Å². The summed E-state index contributed by atoms with van der Waals surface area (Å²) in [5.74, 6) is 0.118. The zero-order valence-electron chi connectivity index (χ0n) is 9.88. The predicted octanol–water partition coefficient (Wildman–Crippen LogP) is 0.224. The number of nitrogens with zero attached hydrogens (tertiary/aromatic N) is 3. The number of esters is 1. The Kier molecular flexibility index (Phi) is 2.97. The average molecular weight is 237 g/mol. The smallest absolute Gasteiger partial charge is 0.376 e. The van der Waals surface area contributed by atoms with E-state index in [0.717, 1.165) is 0 Å². The molecular formula is C11H15N3O3. The Morgan fingerprint density at radius 2 is 2.41 bits per heavy atom. The molecule has 1 N–H and O–H groups in total. The molecule has 0 bridgehead atoms. The molecular weight excluding hydrogens is 222 g/mol. The standard InChI is InChI=1S/C11H15N3O3/c1-11(16)4-6-14(7-11)8-3-5-12-9(13-8)10(15)17-2/h3,5,16H,4,6-7H2,1-2H3. The molecule has 1 unspecified atom stereocenters. The van der Waals surface area contributed by atoms with Gasteiger partial charge >= 0.3 is 5.97 Å². The number of anilines is 1. The van der Waals surface area contributed by atoms with Crippen LogP contribution in [0.2, 0.25) is 0 Å². The number of methoxy groups -OCH3 is 1. The van der Waals surface area contributed by atoms with Gasteiger partial charge in [-0.3, -0.25) is 0 Å². The second kappa shape index (κ2) is 4.29. The minimum absolute atomic E-state index is 0.0385. The third-order valence-electron chi connectivity index (χ3n) is 2.78. The summed E-state index contributed by atoms with van der Waals surface area (Å²) in [7, 11) is 1.29. The van der Waals surface area contributed by atoms with Crippen molar-refractivity contribution in [3.63, 3.8) is 0 Å². The van der Waals surface area contributed by atoms with Gasteiger partial charge in [0.25, 0.3) is 0 Å². The Balaban J connectivity index is 2.20. The van der Waals surface area contributed by atoms with Crippen molar-refractivity contribution in [2.75, 3.05) is 25.1 Å². The molecule has 0 aliphatic carbocycles. The first-order valence-corrected chi connectivity index (χ1v) is 5.40. The Hall–Kier alpha value is -1.69. The third kappa shape index (κ3) is 2.52. The van der Waals surface area contributed by atoms with Crippen LogP contribution in [0.4, 0.5) is 5.82 Å². The van der Waals surface area contributed by atoms with Crippen molar-refractivity contribution in [2.45, 2.75) is 18.9 Å². The van der Waals surface area contributed by atoms with Crippen LogP contribution in [0.15, 0.2) is 12.3 Å². The van der Waals surface area contributed by atoms with Crippen molar-refractivity contribution in [1.29, 1.82) is 0 Å². The predicted molar refractivity (Wildman–Crippen MR) is 60.8 cm³/mol. The lowest BCUT2D eigenvalue weighted by Gasteiger charge is -2.19. The van der Waals surface area contributed by atoms with Crippen LogP contribution in [-0.4, -0.2) is 46.8 Å². The van der Waals surface area contributed by atoms with Gasteiger partial charge in [-0.05, 0) is 19.4 Å². The fourth-order valence-corrected chi connectivity index (χ4v) is 1.86. The molecule has 1 fully saturated rings. The Labute approximate surface area is 99.2 Å². The minimum atomic E-state index is -0.698. The van der Waals surface area contributed by atoms with Crippen LogP contribution < -0.4 is 4.90 Å². The van der Waals surface area contributed by atoms with E-state index in [0.29, 0.717) is 25.3 Å². The maximum atomic E-state index is 11.3. The monoisotopic (exact) mass is 237 g/mol. The van der Waals surface area contributed by atoms with Crippen molar-refractivity contribution < 1.29 is 14.6 Å². The summed E-state index contributed by atoms with van der Waals surface area (Å²) in [5, 5.41) is 9.87. The Morgan fingerprint density at radius 1 is 1.65 bits per heavy atom. The molecule has 17 heavy (non-hydrogen) atoms. The normalized spacial score (nSPS) is 23.8. The number of ether oxygens (including phenoxy) is 1. The number of carbonyl (C=O) groups excluding carboxylic acids is 1. The number of aliphatic hydroxyl groups is 1. The van der Waals surface area contributed by atoms with Gasteiger partial charge < -0.3 is 14.7 Å². The largest absolute Gasteiger partial charge is 0.463 e. The molecule has 2 heterocycles. The van der Waals surface area contributed by atoms with E-state index >= 15 is 0 Å². The van der Waals surface area contributed by atoms with Crippen molar-refractivity contribution >= 4 is 11.8 Å². The molecule has 1 aromatic heterocycles. The van der Waals surface area contributed by atoms with Crippen molar-refractivity contribution in [2.24, 2.45) is 0 Å². The highest BCUT2D eigenvalue weighted by Gasteiger charge is 2.32. The third-order valence-corrected chi connectivity index (χ3v) is 2.78. The highest BCUT2D eigenvalue weighted by atomic mass is 16.5. The van der Waals surface area contributed by atoms with Crippen molar-refractivity contribution in [3.05, 3.63) is 18.1 Å². The van der Waals surface area contributed by atoms with E-state index < -0.39 is 11.6 Å². The second-order valence-electron chi connectivity index (χ2n) is 4.40. The molecule has 1 aliphatic rings. The summed E-state index contributed by atoms with van der Waals surface area (Å²) in [6, 6.07) is 1.72. The lowest BCUT2D eigenvalue weighted by Crippen LogP contribution is -2.30. The first kappa shape index (κ1) is 11.8. The fraction of sp³-hybridized carbons (Fsp3) is 0.545. The molecule has 1 aliphatic heterocycles. The summed E-state index contributed by atoms with van der Waals surface area (Å²) >= 11 is 0. The van der Waals surface area contributed by atoms with E-state index in [-0.39, 0.29) is 5.82 Å². The van der Waals surface area contributed by atoms with E-state index in [9.17, 15) is 9.90 Å². The van der Waals surface area contributed by atoms with Crippen LogP contribution in [0.25, 0.3) is 0 Å². The van der Waals surface area contributed by atoms with Gasteiger partial charge in [-0.1, -0.05) is 0 Å². The first-order chi connectivity index (χ1) is 8.02. The summed E-state index contributed by atoms with van der Waals surface area (Å²) in [6.07, 6.45) is 2.20. The molecule has 0 spiro atoms. The SMILES string of the molecule is COC(=O)c1nccc(N2CCC(C)(O)C2)n1. The number of hydrogen-bond donors (Lipinski definition) is 1. The van der Waals surface area contributed by atoms with E-state index in [1.54, 1.807) is 13.0 Å². The molecule has 0 radical (unpaired) electrons. The van der Waals surface area contributed by atoms with Gasteiger partial charge in [-0.15, -0.1) is 0 Å². The summed E-state index contributed by atoms with van der Waals surface area (Å²) < 4.78 is 4.56. The number of rotatable bonds is 2. The highest BCUT2D eigenvalue weighted by Crippen LogP contribution is 2.24. The van der Waals surface area contributed by atoms with E-state index in [4.69, 9.17) is 0 Å². The number of hydrogen-bond acceptors (Lipinski definition) is 6. The quantitative estimate of drug-likeness (QED) is 0.742. The van der Waals surface area contributed by atoms with Crippen LogP contribution in [0, 0.1) is 0 Å². The van der Waals surface area contributed by atoms with Gasteiger partial charge in [0.05, 0.1) is 12.7 Å². The van der Waals surface area contributed by atoms with E-state index in [1.165, 1.54) is 13.3 Å². The van der Waals surface area contributed by atoms with Crippen LogP contribution in [0.1, 0.15) is 24.0 Å². The molecule has 1 aromatic rings. The lowest BCUT2D eigenvalue weighted by atomic mass is 10.1. The van der Waals surface area contributed by atoms with Crippen LogP contribution in [0.3, 0.4) is 0 Å². The molecule has 0 saturated carbocycles. The second-order valence-corrected chi connectivity index (χ2v) is 4.40. The summed E-state index contributed by atoms with van der Waals surface area (Å²) in [5.41, 5.74) is -0.698. The zero-order chi connectivity index (χ0) is 12.5. The van der Waals surface area contributed by atoms with Gasteiger partial charge in [-0.25, -0.2) is 14.8 Å². The fourth-order valence-electron chi connectivity index (χ4n) is 1.86. The molecule has 1 atom stereocenters. The molecule has 6 heteroatoms. The Bertz CT molecular complexity index is 434. The average Bonchev–Trinajstić information content (AvgIpc) is 2.69. The van der Waals surface area contributed by atoms with Crippen LogP contribution in [-0.2, 0) is 4.74 Å². The molecule has 0 aromatic carbocycles. The van der Waals surface area contributed by atoms with Crippen LogP contribution in [0.5, 0.6) is 0 Å².